The standard InChI is InChI=1S/C26H21Br2Cl2N3O2/c1-3-15(2)25-32-23-8-6-18(27)12-19(23)26(34)33(25)31-13-16-5-9-24(20(28)10-16)35-14-17-4-7-21(29)22(30)11-17/h4-13,15H,3,14H2,1-2H3/t15-/m1/s1. The van der Waals surface area contributed by atoms with Crippen molar-refractivity contribution in [3.05, 3.63) is 101 Å². The molecule has 0 spiro atoms. The molecule has 0 saturated carbocycles. The molecular formula is C26H21Br2Cl2N3O2. The summed E-state index contributed by atoms with van der Waals surface area (Å²) in [6.07, 6.45) is 2.48. The number of rotatable bonds is 7. The summed E-state index contributed by atoms with van der Waals surface area (Å²) in [5, 5.41) is 6.02. The van der Waals surface area contributed by atoms with Crippen LogP contribution in [0.5, 0.6) is 5.75 Å². The molecule has 180 valence electrons. The van der Waals surface area contributed by atoms with Gasteiger partial charge >= 0.3 is 0 Å². The second kappa shape index (κ2) is 11.2. The van der Waals surface area contributed by atoms with Crippen LogP contribution in [-0.2, 0) is 6.61 Å². The summed E-state index contributed by atoms with van der Waals surface area (Å²) in [7, 11) is 0. The smallest absolute Gasteiger partial charge is 0.282 e. The summed E-state index contributed by atoms with van der Waals surface area (Å²) in [4.78, 5) is 18.0. The fraction of sp³-hybridized carbons (Fsp3) is 0.192. The Labute approximate surface area is 230 Å². The summed E-state index contributed by atoms with van der Waals surface area (Å²) in [5.74, 6) is 1.36. The second-order valence-electron chi connectivity index (χ2n) is 8.03. The topological polar surface area (TPSA) is 56.5 Å². The zero-order valence-corrected chi connectivity index (χ0v) is 23.6. The first-order valence-corrected chi connectivity index (χ1v) is 13.2. The Morgan fingerprint density at radius 1 is 1.09 bits per heavy atom. The van der Waals surface area contributed by atoms with Crippen LogP contribution in [0.1, 0.15) is 43.1 Å². The third kappa shape index (κ3) is 5.97. The van der Waals surface area contributed by atoms with Crippen LogP contribution in [0.4, 0.5) is 0 Å². The number of aromatic nitrogens is 2. The van der Waals surface area contributed by atoms with Gasteiger partial charge in [0.15, 0.2) is 0 Å². The molecule has 1 heterocycles. The number of ether oxygens (including phenoxy) is 1. The number of hydrogen-bond donors (Lipinski definition) is 0. The zero-order valence-electron chi connectivity index (χ0n) is 18.9. The van der Waals surface area contributed by atoms with E-state index in [4.69, 9.17) is 32.9 Å². The van der Waals surface area contributed by atoms with E-state index < -0.39 is 0 Å². The molecule has 0 bridgehead atoms. The first kappa shape index (κ1) is 25.9. The molecule has 9 heteroatoms. The molecule has 0 saturated heterocycles. The van der Waals surface area contributed by atoms with E-state index in [9.17, 15) is 4.79 Å². The predicted molar refractivity (Wildman–Crippen MR) is 150 cm³/mol. The van der Waals surface area contributed by atoms with E-state index in [2.05, 4.69) is 43.9 Å². The molecule has 4 rings (SSSR count). The lowest BCUT2D eigenvalue weighted by Gasteiger charge is -2.14. The summed E-state index contributed by atoms with van der Waals surface area (Å²) >= 11 is 19.0. The average Bonchev–Trinajstić information content (AvgIpc) is 2.84. The molecule has 4 aromatic rings. The van der Waals surface area contributed by atoms with Gasteiger partial charge in [-0.1, -0.05) is 59.0 Å². The highest BCUT2D eigenvalue weighted by atomic mass is 79.9. The quantitative estimate of drug-likeness (QED) is 0.192. The Bertz CT molecular complexity index is 1490. The van der Waals surface area contributed by atoms with Crippen LogP contribution >= 0.6 is 55.1 Å². The minimum atomic E-state index is -0.205. The lowest BCUT2D eigenvalue weighted by molar-refractivity contribution is 0.304. The Balaban J connectivity index is 1.61. The van der Waals surface area contributed by atoms with Crippen molar-refractivity contribution >= 4 is 72.2 Å². The molecule has 0 aliphatic rings. The fourth-order valence-corrected chi connectivity index (χ4v) is 4.60. The molecule has 1 aromatic heterocycles. The van der Waals surface area contributed by atoms with Gasteiger partial charge in [-0.2, -0.15) is 9.78 Å². The first-order chi connectivity index (χ1) is 16.8. The molecular weight excluding hydrogens is 617 g/mol. The minimum absolute atomic E-state index is 0.0665. The van der Waals surface area contributed by atoms with Crippen LogP contribution in [0.25, 0.3) is 10.9 Å². The van der Waals surface area contributed by atoms with E-state index >= 15 is 0 Å². The molecule has 5 nitrogen and oxygen atoms in total. The Morgan fingerprint density at radius 3 is 2.60 bits per heavy atom. The zero-order chi connectivity index (χ0) is 25.1. The van der Waals surface area contributed by atoms with Gasteiger partial charge in [0.05, 0.1) is 31.6 Å². The Kier molecular flexibility index (Phi) is 8.32. The van der Waals surface area contributed by atoms with Crippen molar-refractivity contribution in [1.82, 2.24) is 9.66 Å². The lowest BCUT2D eigenvalue weighted by atomic mass is 10.1. The van der Waals surface area contributed by atoms with Crippen molar-refractivity contribution in [2.45, 2.75) is 32.8 Å². The molecule has 35 heavy (non-hydrogen) atoms. The van der Waals surface area contributed by atoms with Gasteiger partial charge in [-0.05, 0) is 82.0 Å². The van der Waals surface area contributed by atoms with Gasteiger partial charge in [0, 0.05) is 10.4 Å². The molecule has 0 unspecified atom stereocenters. The summed E-state index contributed by atoms with van der Waals surface area (Å²) in [5.41, 5.74) is 2.16. The molecule has 0 radical (unpaired) electrons. The van der Waals surface area contributed by atoms with Crippen LogP contribution in [0.3, 0.4) is 0 Å². The maximum Gasteiger partial charge on any atom is 0.282 e. The molecule has 0 fully saturated rings. The molecule has 0 aliphatic carbocycles. The van der Waals surface area contributed by atoms with Crippen molar-refractivity contribution in [2.75, 3.05) is 0 Å². The number of hydrogen-bond acceptors (Lipinski definition) is 4. The highest BCUT2D eigenvalue weighted by Gasteiger charge is 2.15. The maximum absolute atomic E-state index is 13.3. The van der Waals surface area contributed by atoms with Crippen LogP contribution < -0.4 is 10.3 Å². The summed E-state index contributed by atoms with van der Waals surface area (Å²) in [6.45, 7) is 4.44. The first-order valence-electron chi connectivity index (χ1n) is 10.9. The minimum Gasteiger partial charge on any atom is -0.488 e. The van der Waals surface area contributed by atoms with Gasteiger partial charge in [0.1, 0.15) is 18.2 Å². The van der Waals surface area contributed by atoms with Gasteiger partial charge in [-0.15, -0.1) is 0 Å². The molecule has 0 aliphatic heterocycles. The molecule has 3 aromatic carbocycles. The van der Waals surface area contributed by atoms with E-state index in [1.165, 1.54) is 4.68 Å². The fourth-order valence-electron chi connectivity index (χ4n) is 3.41. The van der Waals surface area contributed by atoms with Crippen LogP contribution in [-0.4, -0.2) is 15.9 Å². The summed E-state index contributed by atoms with van der Waals surface area (Å²) < 4.78 is 8.89. The Hall–Kier alpha value is -2.19. The van der Waals surface area contributed by atoms with Gasteiger partial charge < -0.3 is 4.74 Å². The van der Waals surface area contributed by atoms with Crippen LogP contribution in [0.2, 0.25) is 10.0 Å². The van der Waals surface area contributed by atoms with Crippen molar-refractivity contribution in [2.24, 2.45) is 5.10 Å². The van der Waals surface area contributed by atoms with Crippen molar-refractivity contribution in [3.63, 3.8) is 0 Å². The predicted octanol–water partition coefficient (Wildman–Crippen LogP) is 8.20. The van der Waals surface area contributed by atoms with Gasteiger partial charge in [0.25, 0.3) is 5.56 Å². The third-order valence-corrected chi connectivity index (χ3v) is 7.40. The Morgan fingerprint density at radius 2 is 1.89 bits per heavy atom. The number of halogens is 4. The van der Waals surface area contributed by atoms with E-state index in [-0.39, 0.29) is 11.5 Å². The van der Waals surface area contributed by atoms with E-state index in [1.54, 1.807) is 24.4 Å². The SMILES string of the molecule is CC[C@@H](C)c1nc2ccc(Br)cc2c(=O)n1N=Cc1ccc(OCc2ccc(Cl)c(Cl)c2)c(Br)c1. The monoisotopic (exact) mass is 635 g/mol. The van der Waals surface area contributed by atoms with Crippen molar-refractivity contribution < 1.29 is 4.74 Å². The largest absolute Gasteiger partial charge is 0.488 e. The normalized spacial score (nSPS) is 12.4. The lowest BCUT2D eigenvalue weighted by Crippen LogP contribution is -2.23. The molecule has 0 amide bonds. The number of nitrogens with zero attached hydrogens (tertiary/aromatic N) is 3. The number of benzene rings is 3. The summed E-state index contributed by atoms with van der Waals surface area (Å²) in [6, 6.07) is 16.5. The average molecular weight is 638 g/mol. The highest BCUT2D eigenvalue weighted by Crippen LogP contribution is 2.28. The van der Waals surface area contributed by atoms with Gasteiger partial charge in [-0.3, -0.25) is 4.79 Å². The second-order valence-corrected chi connectivity index (χ2v) is 10.6. The van der Waals surface area contributed by atoms with Gasteiger partial charge in [0.2, 0.25) is 0 Å². The van der Waals surface area contributed by atoms with Crippen molar-refractivity contribution in [1.29, 1.82) is 0 Å². The van der Waals surface area contributed by atoms with E-state index in [1.807, 2.05) is 43.3 Å². The van der Waals surface area contributed by atoms with Crippen LogP contribution in [0, 0.1) is 0 Å². The maximum atomic E-state index is 13.3. The van der Waals surface area contributed by atoms with E-state index in [0.29, 0.717) is 39.1 Å². The third-order valence-electron chi connectivity index (χ3n) is 5.54. The van der Waals surface area contributed by atoms with E-state index in [0.717, 1.165) is 26.5 Å². The van der Waals surface area contributed by atoms with Crippen LogP contribution in [0.15, 0.2) is 73.4 Å². The molecule has 0 N–H and O–H groups in total. The molecule has 1 atom stereocenters. The number of fused-ring (bicyclic) bond motifs is 1. The van der Waals surface area contributed by atoms with Crippen molar-refractivity contribution in [3.8, 4) is 5.75 Å². The highest BCUT2D eigenvalue weighted by molar-refractivity contribution is 9.10. The van der Waals surface area contributed by atoms with Gasteiger partial charge in [-0.25, -0.2) is 4.98 Å².